The van der Waals surface area contributed by atoms with Crippen LogP contribution in [-0.4, -0.2) is 11.1 Å². The number of rotatable bonds is 29. The summed E-state index contributed by atoms with van der Waals surface area (Å²) in [6, 6.07) is 0. The Labute approximate surface area is 221 Å². The van der Waals surface area contributed by atoms with Gasteiger partial charge in [-0.3, -0.25) is 0 Å². The van der Waals surface area contributed by atoms with E-state index in [0.717, 1.165) is 12.8 Å². The van der Waals surface area contributed by atoms with Crippen molar-refractivity contribution in [2.24, 2.45) is 0 Å². The molecule has 2 heteroatoms. The number of carboxylic acids is 1. The average Bonchev–Trinajstić information content (AvgIpc) is 2.85. The zero-order valence-electron chi connectivity index (χ0n) is 24.2. The molecule has 0 aliphatic carbocycles. The van der Waals surface area contributed by atoms with Gasteiger partial charge in [0.15, 0.2) is 0 Å². The lowest BCUT2D eigenvalue weighted by Gasteiger charge is -2.04. The Balaban J connectivity index is 3.08. The van der Waals surface area contributed by atoms with Crippen molar-refractivity contribution < 1.29 is 9.90 Å². The van der Waals surface area contributed by atoms with Crippen LogP contribution < -0.4 is 0 Å². The minimum absolute atomic E-state index is 0.486. The maximum absolute atomic E-state index is 10.7. The fraction of sp³-hybridized carbons (Fsp3) is 0.909. The molecule has 0 aromatic heterocycles. The second-order valence-electron chi connectivity index (χ2n) is 11.2. The Kier molecular flexibility index (Phi) is 28.8. The third-order valence-corrected chi connectivity index (χ3v) is 7.60. The lowest BCUT2D eigenvalue weighted by Crippen LogP contribution is -1.95. The van der Waals surface area contributed by atoms with Crippen molar-refractivity contribution in [3.63, 3.8) is 0 Å². The molecule has 0 amide bonds. The van der Waals surface area contributed by atoms with Gasteiger partial charge in [-0.2, -0.15) is 0 Å². The Morgan fingerprint density at radius 1 is 0.457 bits per heavy atom. The van der Waals surface area contributed by atoms with E-state index in [4.69, 9.17) is 5.11 Å². The lowest BCUT2D eigenvalue weighted by atomic mass is 10.0. The maximum Gasteiger partial charge on any atom is 0.330 e. The topological polar surface area (TPSA) is 37.3 Å². The van der Waals surface area contributed by atoms with Crippen molar-refractivity contribution in [3.05, 3.63) is 11.6 Å². The van der Waals surface area contributed by atoms with E-state index in [1.807, 2.05) is 6.08 Å². The molecule has 1 N–H and O–H groups in total. The van der Waals surface area contributed by atoms with Gasteiger partial charge in [0.05, 0.1) is 0 Å². The molecular formula is C33H64O2. The van der Waals surface area contributed by atoms with Crippen LogP contribution in [0, 0.1) is 0 Å². The Morgan fingerprint density at radius 3 is 0.914 bits per heavy atom. The minimum Gasteiger partial charge on any atom is -0.478 e. The molecule has 2 nitrogen and oxygen atoms in total. The van der Waals surface area contributed by atoms with Gasteiger partial charge in [0.1, 0.15) is 0 Å². The molecule has 0 radical (unpaired) electrons. The molecule has 0 saturated heterocycles. The van der Waals surface area contributed by atoms with Gasteiger partial charge in [-0.25, -0.2) is 4.79 Å². The summed E-state index contributed by atoms with van der Waals surface area (Å²) in [6.45, 7) is 3.98. The molecule has 0 aliphatic heterocycles. The number of carbonyl (C=O) groups is 1. The number of unbranched alkanes of at least 4 members (excludes halogenated alkanes) is 27. The molecule has 208 valence electrons. The molecule has 0 saturated carbocycles. The number of aliphatic carboxylic acids is 1. The highest BCUT2D eigenvalue weighted by Gasteiger charge is 1.98. The van der Waals surface area contributed by atoms with Gasteiger partial charge in [-0.1, -0.05) is 180 Å². The first-order valence-electron chi connectivity index (χ1n) is 16.1. The molecular weight excluding hydrogens is 428 g/mol. The van der Waals surface area contributed by atoms with Crippen molar-refractivity contribution in [3.8, 4) is 0 Å². The first kappa shape index (κ1) is 34.2. The summed E-state index contributed by atoms with van der Waals surface area (Å²) in [4.78, 5) is 10.7. The summed E-state index contributed by atoms with van der Waals surface area (Å²) in [5, 5.41) is 8.81. The fourth-order valence-electron chi connectivity index (χ4n) is 5.04. The van der Waals surface area contributed by atoms with E-state index in [1.165, 1.54) is 167 Å². The Bertz CT molecular complexity index is 454. The highest BCUT2D eigenvalue weighted by atomic mass is 16.4. The standard InChI is InChI=1S/C33H64O2/c1-3-4-5-6-7-8-9-10-11-12-13-14-15-16-17-18-19-20-21-22-23-24-25-26-27-28-29-30-31-32(2)33(34)35/h31H,3-30H2,1-2H3,(H,34,35). The Hall–Kier alpha value is -0.790. The summed E-state index contributed by atoms with van der Waals surface area (Å²) >= 11 is 0. The van der Waals surface area contributed by atoms with Crippen molar-refractivity contribution in [1.82, 2.24) is 0 Å². The van der Waals surface area contributed by atoms with Gasteiger partial charge in [0.2, 0.25) is 0 Å². The minimum atomic E-state index is -0.782. The van der Waals surface area contributed by atoms with Crippen LogP contribution in [0.4, 0.5) is 0 Å². The predicted molar refractivity (Wildman–Crippen MR) is 156 cm³/mol. The molecule has 0 aliphatic rings. The van der Waals surface area contributed by atoms with Gasteiger partial charge >= 0.3 is 5.97 Å². The summed E-state index contributed by atoms with van der Waals surface area (Å²) in [5.41, 5.74) is 0.486. The maximum atomic E-state index is 10.7. The highest BCUT2D eigenvalue weighted by Crippen LogP contribution is 2.16. The summed E-state index contributed by atoms with van der Waals surface area (Å²) in [5.74, 6) is -0.782. The van der Waals surface area contributed by atoms with Gasteiger partial charge in [-0.15, -0.1) is 0 Å². The number of hydrogen-bond acceptors (Lipinski definition) is 1. The monoisotopic (exact) mass is 492 g/mol. The van der Waals surface area contributed by atoms with Crippen LogP contribution in [0.15, 0.2) is 11.6 Å². The molecule has 0 atom stereocenters. The van der Waals surface area contributed by atoms with Gasteiger partial charge in [-0.05, 0) is 19.8 Å². The van der Waals surface area contributed by atoms with E-state index in [9.17, 15) is 4.79 Å². The molecule has 0 aromatic rings. The van der Waals surface area contributed by atoms with E-state index >= 15 is 0 Å². The normalized spacial score (nSPS) is 11.9. The Morgan fingerprint density at radius 2 is 0.686 bits per heavy atom. The van der Waals surface area contributed by atoms with Crippen LogP contribution in [-0.2, 0) is 4.79 Å². The summed E-state index contributed by atoms with van der Waals surface area (Å²) < 4.78 is 0. The molecule has 0 rings (SSSR count). The average molecular weight is 493 g/mol. The van der Waals surface area contributed by atoms with Crippen molar-refractivity contribution in [2.75, 3.05) is 0 Å². The quantitative estimate of drug-likeness (QED) is 0.0832. The molecule has 0 unspecified atom stereocenters. The second-order valence-corrected chi connectivity index (χ2v) is 11.2. The summed E-state index contributed by atoms with van der Waals surface area (Å²) in [6.07, 6.45) is 41.1. The van der Waals surface area contributed by atoms with Crippen molar-refractivity contribution in [2.45, 2.75) is 194 Å². The summed E-state index contributed by atoms with van der Waals surface area (Å²) in [7, 11) is 0. The fourth-order valence-corrected chi connectivity index (χ4v) is 5.04. The van der Waals surface area contributed by atoms with Crippen LogP contribution in [0.5, 0.6) is 0 Å². The van der Waals surface area contributed by atoms with Crippen LogP contribution >= 0.6 is 0 Å². The van der Waals surface area contributed by atoms with E-state index < -0.39 is 5.97 Å². The van der Waals surface area contributed by atoms with Gasteiger partial charge in [0, 0.05) is 5.57 Å². The van der Waals surface area contributed by atoms with Crippen LogP contribution in [0.3, 0.4) is 0 Å². The SMILES string of the molecule is CCCCCCCCCCCCCCCCCCCCCCCCCCCCCC=C(C)C(=O)O. The third kappa shape index (κ3) is 29.3. The molecule has 0 heterocycles. The van der Waals surface area contributed by atoms with Crippen LogP contribution in [0.1, 0.15) is 194 Å². The lowest BCUT2D eigenvalue weighted by molar-refractivity contribution is -0.132. The van der Waals surface area contributed by atoms with Gasteiger partial charge in [0.25, 0.3) is 0 Å². The van der Waals surface area contributed by atoms with Gasteiger partial charge < -0.3 is 5.11 Å². The highest BCUT2D eigenvalue weighted by molar-refractivity contribution is 5.85. The number of allylic oxidation sites excluding steroid dienone is 1. The van der Waals surface area contributed by atoms with E-state index in [1.54, 1.807) is 6.92 Å². The largest absolute Gasteiger partial charge is 0.478 e. The molecule has 0 fully saturated rings. The van der Waals surface area contributed by atoms with Crippen molar-refractivity contribution >= 4 is 5.97 Å². The van der Waals surface area contributed by atoms with Crippen LogP contribution in [0.2, 0.25) is 0 Å². The molecule has 35 heavy (non-hydrogen) atoms. The first-order valence-corrected chi connectivity index (χ1v) is 16.1. The first-order chi connectivity index (χ1) is 17.2. The van der Waals surface area contributed by atoms with Crippen molar-refractivity contribution in [1.29, 1.82) is 0 Å². The van der Waals surface area contributed by atoms with E-state index in [0.29, 0.717) is 5.57 Å². The molecule has 0 bridgehead atoms. The number of carboxylic acid groups (broad SMARTS) is 1. The smallest absolute Gasteiger partial charge is 0.330 e. The molecule has 0 spiro atoms. The zero-order valence-corrected chi connectivity index (χ0v) is 24.2. The zero-order chi connectivity index (χ0) is 25.7. The van der Waals surface area contributed by atoms with E-state index in [-0.39, 0.29) is 0 Å². The predicted octanol–water partition coefficient (Wildman–Crippen LogP) is 12.0. The van der Waals surface area contributed by atoms with Crippen LogP contribution in [0.25, 0.3) is 0 Å². The molecule has 0 aromatic carbocycles. The number of hydrogen-bond donors (Lipinski definition) is 1. The van der Waals surface area contributed by atoms with E-state index in [2.05, 4.69) is 6.92 Å². The second kappa shape index (κ2) is 29.4. The third-order valence-electron chi connectivity index (χ3n) is 7.60.